The minimum absolute atomic E-state index is 0.854. The second-order valence-corrected chi connectivity index (χ2v) is 5.88. The van der Waals surface area contributed by atoms with Crippen LogP contribution in [0.2, 0.25) is 5.02 Å². The van der Waals surface area contributed by atoms with Crippen LogP contribution in [0.5, 0.6) is 0 Å². The Bertz CT molecular complexity index is 619. The molecule has 1 heterocycles. The summed E-state index contributed by atoms with van der Waals surface area (Å²) in [7, 11) is 0. The Morgan fingerprint density at radius 3 is 2.32 bits per heavy atom. The van der Waals surface area contributed by atoms with E-state index in [2.05, 4.69) is 33.2 Å². The molecule has 4 heteroatoms. The van der Waals surface area contributed by atoms with E-state index in [1.165, 1.54) is 5.56 Å². The highest BCUT2D eigenvalue weighted by molar-refractivity contribution is 6.31. The summed E-state index contributed by atoms with van der Waals surface area (Å²) in [5, 5.41) is 7.56. The molecule has 1 saturated heterocycles. The number of hydrazone groups is 1. The minimum atomic E-state index is 0.854. The predicted octanol–water partition coefficient (Wildman–Crippen LogP) is 3.49. The van der Waals surface area contributed by atoms with Gasteiger partial charge in [-0.2, -0.15) is 5.10 Å². The van der Waals surface area contributed by atoms with Gasteiger partial charge in [0.25, 0.3) is 0 Å². The van der Waals surface area contributed by atoms with Crippen molar-refractivity contribution in [2.45, 2.75) is 6.54 Å². The smallest absolute Gasteiger partial charge is 0.0542 e. The lowest BCUT2D eigenvalue weighted by Crippen LogP contribution is -2.43. The predicted molar refractivity (Wildman–Crippen MR) is 92.3 cm³/mol. The third-order valence-corrected chi connectivity index (χ3v) is 4.24. The van der Waals surface area contributed by atoms with E-state index in [9.17, 15) is 0 Å². The number of nitrogens with zero attached hydrogens (tertiary/aromatic N) is 3. The Morgan fingerprint density at radius 2 is 1.59 bits per heavy atom. The highest BCUT2D eigenvalue weighted by atomic mass is 35.5. The van der Waals surface area contributed by atoms with E-state index in [0.29, 0.717) is 0 Å². The van der Waals surface area contributed by atoms with E-state index >= 15 is 0 Å². The first-order valence-electron chi connectivity index (χ1n) is 7.61. The van der Waals surface area contributed by atoms with Crippen LogP contribution in [0.25, 0.3) is 0 Å². The molecule has 0 bridgehead atoms. The second kappa shape index (κ2) is 7.43. The third kappa shape index (κ3) is 4.09. The molecule has 1 aliphatic rings. The summed E-state index contributed by atoms with van der Waals surface area (Å²) < 4.78 is 0. The molecule has 0 aliphatic carbocycles. The molecule has 1 fully saturated rings. The Kier molecular flexibility index (Phi) is 5.09. The van der Waals surface area contributed by atoms with Crippen LogP contribution >= 0.6 is 11.6 Å². The van der Waals surface area contributed by atoms with Gasteiger partial charge in [0, 0.05) is 37.7 Å². The van der Waals surface area contributed by atoms with Gasteiger partial charge in [0.05, 0.1) is 6.21 Å². The maximum Gasteiger partial charge on any atom is 0.0542 e. The van der Waals surface area contributed by atoms with Crippen molar-refractivity contribution in [3.05, 3.63) is 70.7 Å². The summed E-state index contributed by atoms with van der Waals surface area (Å²) in [6.45, 7) is 4.84. The second-order valence-electron chi connectivity index (χ2n) is 5.48. The van der Waals surface area contributed by atoms with Crippen molar-refractivity contribution in [1.82, 2.24) is 9.91 Å². The molecule has 1 aliphatic heterocycles. The van der Waals surface area contributed by atoms with E-state index in [1.54, 1.807) is 0 Å². The molecule has 0 aromatic heterocycles. The van der Waals surface area contributed by atoms with Crippen molar-refractivity contribution >= 4 is 17.8 Å². The molecule has 2 aromatic carbocycles. The topological polar surface area (TPSA) is 18.8 Å². The minimum Gasteiger partial charge on any atom is -0.295 e. The van der Waals surface area contributed by atoms with Gasteiger partial charge in [0.1, 0.15) is 0 Å². The number of halogens is 1. The lowest BCUT2D eigenvalue weighted by Gasteiger charge is -2.33. The standard InChI is InChI=1S/C18H20ClN3/c19-18-9-5-4-8-17(18)15-21-10-12-22(13-11-21)20-14-16-6-2-1-3-7-16/h1-9,14H,10-13,15H2. The van der Waals surface area contributed by atoms with Crippen LogP contribution in [-0.2, 0) is 6.54 Å². The Labute approximate surface area is 136 Å². The monoisotopic (exact) mass is 313 g/mol. The first-order valence-corrected chi connectivity index (χ1v) is 7.99. The summed E-state index contributed by atoms with van der Waals surface area (Å²) >= 11 is 6.23. The van der Waals surface area contributed by atoms with Gasteiger partial charge in [-0.25, -0.2) is 0 Å². The zero-order chi connectivity index (χ0) is 15.2. The normalized spacial score (nSPS) is 16.3. The molecule has 3 nitrogen and oxygen atoms in total. The van der Waals surface area contributed by atoms with Crippen LogP contribution in [0.3, 0.4) is 0 Å². The number of piperazine rings is 1. The van der Waals surface area contributed by atoms with Crippen molar-refractivity contribution in [2.75, 3.05) is 26.2 Å². The first-order chi connectivity index (χ1) is 10.8. The third-order valence-electron chi connectivity index (χ3n) is 3.87. The van der Waals surface area contributed by atoms with Crippen LogP contribution in [0.1, 0.15) is 11.1 Å². The lowest BCUT2D eigenvalue weighted by atomic mass is 10.2. The maximum atomic E-state index is 6.23. The quantitative estimate of drug-likeness (QED) is 0.805. The molecule has 0 saturated carbocycles. The maximum absolute atomic E-state index is 6.23. The number of hydrogen-bond acceptors (Lipinski definition) is 3. The van der Waals surface area contributed by atoms with E-state index in [1.807, 2.05) is 42.6 Å². The van der Waals surface area contributed by atoms with Crippen molar-refractivity contribution < 1.29 is 0 Å². The molecule has 0 unspecified atom stereocenters. The van der Waals surface area contributed by atoms with E-state index in [-0.39, 0.29) is 0 Å². The fourth-order valence-corrected chi connectivity index (χ4v) is 2.76. The van der Waals surface area contributed by atoms with Gasteiger partial charge in [-0.15, -0.1) is 0 Å². The van der Waals surface area contributed by atoms with Gasteiger partial charge in [-0.3, -0.25) is 9.91 Å². The molecule has 22 heavy (non-hydrogen) atoms. The summed E-state index contributed by atoms with van der Waals surface area (Å²) in [6.07, 6.45) is 1.93. The zero-order valence-corrected chi connectivity index (χ0v) is 13.3. The molecule has 0 radical (unpaired) electrons. The molecule has 0 atom stereocenters. The van der Waals surface area contributed by atoms with Crippen molar-refractivity contribution in [1.29, 1.82) is 0 Å². The van der Waals surface area contributed by atoms with Crippen molar-refractivity contribution in [2.24, 2.45) is 5.10 Å². The fourth-order valence-electron chi connectivity index (χ4n) is 2.57. The molecule has 114 valence electrons. The van der Waals surface area contributed by atoms with E-state index < -0.39 is 0 Å². The molecule has 3 rings (SSSR count). The molecule has 2 aromatic rings. The first kappa shape index (κ1) is 15.1. The number of benzene rings is 2. The molecule has 0 N–H and O–H groups in total. The SMILES string of the molecule is Clc1ccccc1CN1CCN(N=Cc2ccccc2)CC1. The fraction of sp³-hybridized carbons (Fsp3) is 0.278. The van der Waals surface area contributed by atoms with Crippen LogP contribution in [-0.4, -0.2) is 42.3 Å². The van der Waals surface area contributed by atoms with Crippen molar-refractivity contribution in [3.63, 3.8) is 0 Å². The van der Waals surface area contributed by atoms with Crippen LogP contribution < -0.4 is 0 Å². The summed E-state index contributed by atoms with van der Waals surface area (Å²) in [5.74, 6) is 0. The Balaban J connectivity index is 1.50. The van der Waals surface area contributed by atoms with Gasteiger partial charge < -0.3 is 0 Å². The van der Waals surface area contributed by atoms with Gasteiger partial charge in [0.15, 0.2) is 0 Å². The summed E-state index contributed by atoms with van der Waals surface area (Å²) in [6, 6.07) is 18.3. The van der Waals surface area contributed by atoms with Crippen LogP contribution in [0.15, 0.2) is 59.7 Å². The van der Waals surface area contributed by atoms with Crippen LogP contribution in [0.4, 0.5) is 0 Å². The number of rotatable bonds is 4. The molecular formula is C18H20ClN3. The summed E-state index contributed by atoms with van der Waals surface area (Å²) in [5.41, 5.74) is 2.34. The largest absolute Gasteiger partial charge is 0.295 e. The number of hydrogen-bond donors (Lipinski definition) is 0. The zero-order valence-electron chi connectivity index (χ0n) is 12.5. The Hall–Kier alpha value is -1.84. The van der Waals surface area contributed by atoms with Crippen LogP contribution in [0, 0.1) is 0 Å². The molecule has 0 amide bonds. The Morgan fingerprint density at radius 1 is 0.909 bits per heavy atom. The molecule has 0 spiro atoms. The summed E-state index contributed by atoms with van der Waals surface area (Å²) in [4.78, 5) is 2.43. The average molecular weight is 314 g/mol. The van der Waals surface area contributed by atoms with Gasteiger partial charge in [0.2, 0.25) is 0 Å². The lowest BCUT2D eigenvalue weighted by molar-refractivity contribution is 0.131. The van der Waals surface area contributed by atoms with E-state index in [0.717, 1.165) is 43.3 Å². The highest BCUT2D eigenvalue weighted by Crippen LogP contribution is 2.17. The van der Waals surface area contributed by atoms with Gasteiger partial charge >= 0.3 is 0 Å². The van der Waals surface area contributed by atoms with E-state index in [4.69, 9.17) is 11.6 Å². The van der Waals surface area contributed by atoms with Crippen molar-refractivity contribution in [3.8, 4) is 0 Å². The van der Waals surface area contributed by atoms with Gasteiger partial charge in [-0.1, -0.05) is 60.1 Å². The molecular weight excluding hydrogens is 294 g/mol. The average Bonchev–Trinajstić information content (AvgIpc) is 2.57. The highest BCUT2D eigenvalue weighted by Gasteiger charge is 2.16. The van der Waals surface area contributed by atoms with Gasteiger partial charge in [-0.05, 0) is 17.2 Å².